The molecule has 1 saturated heterocycles. The monoisotopic (exact) mass is 272 g/mol. The van der Waals surface area contributed by atoms with Crippen molar-refractivity contribution < 1.29 is 4.74 Å². The van der Waals surface area contributed by atoms with Gasteiger partial charge >= 0.3 is 0 Å². The Morgan fingerprint density at radius 3 is 3.05 bits per heavy atom. The van der Waals surface area contributed by atoms with Crippen molar-refractivity contribution in [3.63, 3.8) is 0 Å². The van der Waals surface area contributed by atoms with Gasteiger partial charge in [0.05, 0.1) is 24.3 Å². The quantitative estimate of drug-likeness (QED) is 0.928. The van der Waals surface area contributed by atoms with Gasteiger partial charge in [-0.15, -0.1) is 0 Å². The number of anilines is 1. The fourth-order valence-corrected chi connectivity index (χ4v) is 2.66. The molecule has 1 fully saturated rings. The molecule has 0 spiro atoms. The first-order chi connectivity index (χ1) is 9.84. The Balaban J connectivity index is 1.72. The molecule has 5 heteroatoms. The first-order valence-electron chi connectivity index (χ1n) is 7.16. The Morgan fingerprint density at radius 1 is 1.30 bits per heavy atom. The van der Waals surface area contributed by atoms with Crippen molar-refractivity contribution >= 4 is 5.69 Å². The van der Waals surface area contributed by atoms with Gasteiger partial charge in [0.15, 0.2) is 0 Å². The lowest BCUT2D eigenvalue weighted by molar-refractivity contribution is 0.00887. The number of hydrogen-bond acceptors (Lipinski definition) is 4. The van der Waals surface area contributed by atoms with E-state index < -0.39 is 0 Å². The minimum absolute atomic E-state index is 0.380. The van der Waals surface area contributed by atoms with Gasteiger partial charge in [0.2, 0.25) is 0 Å². The van der Waals surface area contributed by atoms with Crippen LogP contribution in [0.1, 0.15) is 25.7 Å². The number of pyridine rings is 1. The molecule has 0 aromatic carbocycles. The maximum absolute atomic E-state index is 6.01. The third-order valence-corrected chi connectivity index (χ3v) is 3.81. The average molecular weight is 272 g/mol. The summed E-state index contributed by atoms with van der Waals surface area (Å²) in [7, 11) is 0. The highest BCUT2D eigenvalue weighted by atomic mass is 16.5. The Bertz CT molecular complexity index is 561. The first-order valence-corrected chi connectivity index (χ1v) is 7.16. The van der Waals surface area contributed by atoms with Crippen LogP contribution in [0.5, 0.6) is 0 Å². The average Bonchev–Trinajstić information content (AvgIpc) is 2.95. The Hall–Kier alpha value is -1.88. The van der Waals surface area contributed by atoms with E-state index in [4.69, 9.17) is 10.5 Å². The van der Waals surface area contributed by atoms with Crippen molar-refractivity contribution in [2.75, 3.05) is 12.3 Å². The highest BCUT2D eigenvalue weighted by Gasteiger charge is 2.15. The van der Waals surface area contributed by atoms with E-state index in [9.17, 15) is 0 Å². The molecule has 20 heavy (non-hydrogen) atoms. The lowest BCUT2D eigenvalue weighted by atomic mass is 10.1. The van der Waals surface area contributed by atoms with E-state index in [0.717, 1.165) is 36.5 Å². The lowest BCUT2D eigenvalue weighted by Gasteiger charge is -2.23. The Morgan fingerprint density at radius 2 is 2.25 bits per heavy atom. The van der Waals surface area contributed by atoms with Crippen LogP contribution in [0, 0.1) is 0 Å². The maximum Gasteiger partial charge on any atom is 0.0950 e. The summed E-state index contributed by atoms with van der Waals surface area (Å²) in [6, 6.07) is 1.82. The molecular weight excluding hydrogens is 252 g/mol. The summed E-state index contributed by atoms with van der Waals surface area (Å²) < 4.78 is 7.91. The van der Waals surface area contributed by atoms with E-state index >= 15 is 0 Å². The molecule has 0 radical (unpaired) electrons. The number of nitrogens with two attached hydrogens (primary N) is 1. The van der Waals surface area contributed by atoms with Gasteiger partial charge in [-0.25, -0.2) is 4.98 Å². The van der Waals surface area contributed by atoms with Crippen LogP contribution in [-0.2, 0) is 11.3 Å². The zero-order valence-corrected chi connectivity index (χ0v) is 11.5. The summed E-state index contributed by atoms with van der Waals surface area (Å²) in [5.41, 5.74) is 8.71. The summed E-state index contributed by atoms with van der Waals surface area (Å²) in [5, 5.41) is 0. The minimum atomic E-state index is 0.380. The molecule has 0 bridgehead atoms. The summed E-state index contributed by atoms with van der Waals surface area (Å²) in [6.45, 7) is 1.80. The van der Waals surface area contributed by atoms with Crippen LogP contribution in [0.2, 0.25) is 0 Å². The zero-order valence-electron chi connectivity index (χ0n) is 11.5. The number of ether oxygens (including phenoxy) is 1. The number of imidazole rings is 1. The zero-order chi connectivity index (χ0) is 13.8. The standard InChI is InChI=1S/C15H20N4O/c16-14-4-6-17-9-13(14)15-10-18-11-19(15)7-5-12-3-1-2-8-20-12/h4,6,9-12H,1-3,5,7-8H2,(H2,16,17). The van der Waals surface area contributed by atoms with E-state index in [2.05, 4.69) is 14.5 Å². The molecule has 2 aromatic rings. The number of rotatable bonds is 4. The predicted octanol–water partition coefficient (Wildman–Crippen LogP) is 2.49. The van der Waals surface area contributed by atoms with Crippen molar-refractivity contribution in [2.45, 2.75) is 38.3 Å². The van der Waals surface area contributed by atoms with Gasteiger partial charge in [-0.2, -0.15) is 0 Å². The second-order valence-electron chi connectivity index (χ2n) is 5.21. The molecule has 106 valence electrons. The molecule has 1 aliphatic rings. The van der Waals surface area contributed by atoms with Gasteiger partial charge in [-0.3, -0.25) is 4.98 Å². The van der Waals surface area contributed by atoms with Gasteiger partial charge in [0.1, 0.15) is 0 Å². The second kappa shape index (κ2) is 6.05. The van der Waals surface area contributed by atoms with Crippen molar-refractivity contribution in [2.24, 2.45) is 0 Å². The smallest absolute Gasteiger partial charge is 0.0950 e. The number of nitrogens with zero attached hydrogens (tertiary/aromatic N) is 3. The van der Waals surface area contributed by atoms with E-state index in [0.29, 0.717) is 6.10 Å². The highest BCUT2D eigenvalue weighted by Crippen LogP contribution is 2.25. The topological polar surface area (TPSA) is 66.0 Å². The van der Waals surface area contributed by atoms with Crippen LogP contribution >= 0.6 is 0 Å². The molecule has 0 saturated carbocycles. The third-order valence-electron chi connectivity index (χ3n) is 3.81. The van der Waals surface area contributed by atoms with E-state index in [1.54, 1.807) is 12.4 Å². The van der Waals surface area contributed by atoms with Gasteiger partial charge < -0.3 is 15.0 Å². The van der Waals surface area contributed by atoms with Crippen LogP contribution in [0.3, 0.4) is 0 Å². The van der Waals surface area contributed by atoms with E-state index in [1.807, 2.05) is 18.6 Å². The minimum Gasteiger partial charge on any atom is -0.398 e. The number of hydrogen-bond donors (Lipinski definition) is 1. The molecule has 3 heterocycles. The largest absolute Gasteiger partial charge is 0.398 e. The predicted molar refractivity (Wildman–Crippen MR) is 78.1 cm³/mol. The Kier molecular flexibility index (Phi) is 3.97. The van der Waals surface area contributed by atoms with Gasteiger partial charge in [-0.05, 0) is 31.7 Å². The molecule has 5 nitrogen and oxygen atoms in total. The van der Waals surface area contributed by atoms with Crippen LogP contribution in [0.15, 0.2) is 31.0 Å². The highest BCUT2D eigenvalue weighted by molar-refractivity contribution is 5.72. The van der Waals surface area contributed by atoms with Crippen molar-refractivity contribution in [1.82, 2.24) is 14.5 Å². The van der Waals surface area contributed by atoms with Crippen molar-refractivity contribution in [3.05, 3.63) is 31.0 Å². The lowest BCUT2D eigenvalue weighted by Crippen LogP contribution is -2.20. The number of nitrogen functional groups attached to an aromatic ring is 1. The summed E-state index contributed by atoms with van der Waals surface area (Å²) in [4.78, 5) is 8.39. The summed E-state index contributed by atoms with van der Waals surface area (Å²) in [5.74, 6) is 0. The van der Waals surface area contributed by atoms with Gasteiger partial charge in [0.25, 0.3) is 0 Å². The molecule has 2 aromatic heterocycles. The van der Waals surface area contributed by atoms with Crippen LogP contribution in [0.4, 0.5) is 5.69 Å². The number of aryl methyl sites for hydroxylation is 1. The molecule has 1 aliphatic heterocycles. The molecule has 0 amide bonds. The summed E-state index contributed by atoms with van der Waals surface area (Å²) in [6.07, 6.45) is 12.2. The summed E-state index contributed by atoms with van der Waals surface area (Å²) >= 11 is 0. The van der Waals surface area contributed by atoms with Crippen LogP contribution in [0.25, 0.3) is 11.3 Å². The molecule has 3 rings (SSSR count). The van der Waals surface area contributed by atoms with Crippen LogP contribution in [-0.4, -0.2) is 27.2 Å². The molecule has 1 unspecified atom stereocenters. The molecule has 0 aliphatic carbocycles. The fourth-order valence-electron chi connectivity index (χ4n) is 2.66. The SMILES string of the molecule is Nc1ccncc1-c1cncn1CCC1CCCCO1. The second-order valence-corrected chi connectivity index (χ2v) is 5.21. The number of aromatic nitrogens is 3. The van der Waals surface area contributed by atoms with Gasteiger partial charge in [0, 0.05) is 36.8 Å². The Labute approximate surface area is 118 Å². The normalized spacial score (nSPS) is 19.1. The van der Waals surface area contributed by atoms with E-state index in [1.165, 1.54) is 19.3 Å². The molecule has 1 atom stereocenters. The third kappa shape index (κ3) is 2.82. The van der Waals surface area contributed by atoms with E-state index in [-0.39, 0.29) is 0 Å². The first kappa shape index (κ1) is 13.1. The van der Waals surface area contributed by atoms with Gasteiger partial charge in [-0.1, -0.05) is 0 Å². The molecule has 2 N–H and O–H groups in total. The van der Waals surface area contributed by atoms with Crippen LogP contribution < -0.4 is 5.73 Å². The maximum atomic E-state index is 6.01. The van der Waals surface area contributed by atoms with Crippen molar-refractivity contribution in [1.29, 1.82) is 0 Å². The molecular formula is C15H20N4O. The fraction of sp³-hybridized carbons (Fsp3) is 0.467. The van der Waals surface area contributed by atoms with Crippen molar-refractivity contribution in [3.8, 4) is 11.3 Å².